The van der Waals surface area contributed by atoms with E-state index < -0.39 is 16.1 Å². The fourth-order valence-electron chi connectivity index (χ4n) is 3.12. The molecule has 5 nitrogen and oxygen atoms in total. The Bertz CT molecular complexity index is 983. The topological polar surface area (TPSA) is 66.5 Å². The molecule has 2 rings (SSSR count). The summed E-state index contributed by atoms with van der Waals surface area (Å²) in [5.74, 6) is -0.339. The van der Waals surface area contributed by atoms with Crippen molar-refractivity contribution >= 4 is 21.6 Å². The number of sulfonamides is 1. The van der Waals surface area contributed by atoms with E-state index >= 15 is 0 Å². The van der Waals surface area contributed by atoms with Gasteiger partial charge in [-0.05, 0) is 81.5 Å². The van der Waals surface area contributed by atoms with Gasteiger partial charge in [-0.25, -0.2) is 8.42 Å². The lowest BCUT2D eigenvalue weighted by Crippen LogP contribution is -2.48. The summed E-state index contributed by atoms with van der Waals surface area (Å²) in [6, 6.07) is 10.4. The van der Waals surface area contributed by atoms with Gasteiger partial charge in [-0.2, -0.15) is 0 Å². The molecule has 0 aliphatic carbocycles. The average molecular weight is 403 g/mol. The Hall–Kier alpha value is -2.34. The number of rotatable bonds is 6. The number of amides is 1. The van der Waals surface area contributed by atoms with Gasteiger partial charge in [-0.3, -0.25) is 9.10 Å². The van der Waals surface area contributed by atoms with Crippen molar-refractivity contribution in [2.75, 3.05) is 10.6 Å². The second-order valence-electron chi connectivity index (χ2n) is 7.58. The third-order valence-corrected chi connectivity index (χ3v) is 6.46. The third kappa shape index (κ3) is 4.93. The van der Waals surface area contributed by atoms with E-state index in [-0.39, 0.29) is 11.9 Å². The lowest BCUT2D eigenvalue weighted by Gasteiger charge is -2.29. The number of benzene rings is 2. The molecule has 28 heavy (non-hydrogen) atoms. The molecule has 0 fully saturated rings. The van der Waals surface area contributed by atoms with Crippen LogP contribution in [-0.4, -0.2) is 26.6 Å². The van der Waals surface area contributed by atoms with E-state index in [1.807, 2.05) is 58.9 Å². The van der Waals surface area contributed by atoms with Crippen molar-refractivity contribution in [3.63, 3.8) is 0 Å². The molecule has 0 unspecified atom stereocenters. The van der Waals surface area contributed by atoms with Crippen molar-refractivity contribution in [3.05, 3.63) is 64.2 Å². The van der Waals surface area contributed by atoms with Crippen LogP contribution in [0.2, 0.25) is 0 Å². The lowest BCUT2D eigenvalue weighted by atomic mass is 10.0. The summed E-state index contributed by atoms with van der Waals surface area (Å²) in [7, 11) is -3.63. The van der Waals surface area contributed by atoms with Gasteiger partial charge in [0.25, 0.3) is 0 Å². The monoisotopic (exact) mass is 402 g/mol. The van der Waals surface area contributed by atoms with Crippen LogP contribution in [0, 0.1) is 27.7 Å². The number of anilines is 1. The van der Waals surface area contributed by atoms with Crippen LogP contribution in [0.15, 0.2) is 36.4 Å². The smallest absolute Gasteiger partial charge is 0.244 e. The van der Waals surface area contributed by atoms with Crippen LogP contribution in [0.4, 0.5) is 5.69 Å². The molecule has 2 atom stereocenters. The Kier molecular flexibility index (Phi) is 6.55. The first-order chi connectivity index (χ1) is 12.9. The standard InChI is InChI=1S/C22H30N2O3S/c1-14-8-10-20(12-16(14)3)18(5)23-22(25)19(6)24(28(7,26)27)21-11-9-15(2)17(4)13-21/h8-13,18-19H,1-7H3,(H,23,25)/t18-,19-/m0/s1. The first-order valence-corrected chi connectivity index (χ1v) is 11.2. The highest BCUT2D eigenvalue weighted by molar-refractivity contribution is 7.92. The lowest BCUT2D eigenvalue weighted by molar-refractivity contribution is -0.122. The van der Waals surface area contributed by atoms with Crippen LogP contribution in [0.1, 0.15) is 47.7 Å². The molecule has 0 aromatic heterocycles. The third-order valence-electron chi connectivity index (χ3n) is 5.22. The van der Waals surface area contributed by atoms with Gasteiger partial charge in [-0.1, -0.05) is 24.3 Å². The Labute approximate surface area is 168 Å². The second kappa shape index (κ2) is 8.35. The summed E-state index contributed by atoms with van der Waals surface area (Å²) in [6.07, 6.45) is 1.12. The average Bonchev–Trinajstić information content (AvgIpc) is 2.59. The van der Waals surface area contributed by atoms with Crippen molar-refractivity contribution in [2.24, 2.45) is 0 Å². The number of aryl methyl sites for hydroxylation is 4. The first kappa shape index (κ1) is 22.0. The zero-order chi connectivity index (χ0) is 21.2. The highest BCUT2D eigenvalue weighted by Gasteiger charge is 2.30. The molecule has 0 bridgehead atoms. The Morgan fingerprint density at radius 2 is 1.43 bits per heavy atom. The maximum Gasteiger partial charge on any atom is 0.244 e. The molecule has 0 heterocycles. The van der Waals surface area contributed by atoms with Crippen molar-refractivity contribution in [2.45, 2.75) is 53.6 Å². The van der Waals surface area contributed by atoms with Gasteiger partial charge in [0.15, 0.2) is 0 Å². The molecule has 0 spiro atoms. The van der Waals surface area contributed by atoms with Gasteiger partial charge in [0.2, 0.25) is 15.9 Å². The number of carbonyl (C=O) groups is 1. The second-order valence-corrected chi connectivity index (χ2v) is 9.44. The summed E-state index contributed by atoms with van der Waals surface area (Å²) in [5.41, 5.74) is 5.86. The van der Waals surface area contributed by atoms with E-state index in [0.717, 1.165) is 28.5 Å². The van der Waals surface area contributed by atoms with E-state index in [2.05, 4.69) is 5.32 Å². The summed E-state index contributed by atoms with van der Waals surface area (Å²) >= 11 is 0. The predicted molar refractivity (Wildman–Crippen MR) is 115 cm³/mol. The van der Waals surface area contributed by atoms with Crippen molar-refractivity contribution in [1.29, 1.82) is 0 Å². The fourth-order valence-corrected chi connectivity index (χ4v) is 4.29. The minimum Gasteiger partial charge on any atom is -0.348 e. The SMILES string of the molecule is Cc1ccc([C@H](C)NC(=O)[C@H](C)N(c2ccc(C)c(C)c2)S(C)(=O)=O)cc1C. The Morgan fingerprint density at radius 1 is 0.893 bits per heavy atom. The van der Waals surface area contributed by atoms with Crippen molar-refractivity contribution < 1.29 is 13.2 Å². The molecule has 0 aliphatic heterocycles. The molecule has 0 saturated carbocycles. The van der Waals surface area contributed by atoms with E-state index in [9.17, 15) is 13.2 Å². The molecule has 6 heteroatoms. The predicted octanol–water partition coefficient (Wildman–Crippen LogP) is 3.95. The maximum atomic E-state index is 12.9. The molecule has 2 aromatic rings. The molecule has 0 radical (unpaired) electrons. The number of nitrogens with one attached hydrogen (secondary N) is 1. The number of hydrogen-bond donors (Lipinski definition) is 1. The summed E-state index contributed by atoms with van der Waals surface area (Å²) in [5, 5.41) is 2.95. The summed E-state index contributed by atoms with van der Waals surface area (Å²) in [6.45, 7) is 11.5. The van der Waals surface area contributed by atoms with Gasteiger partial charge < -0.3 is 5.32 Å². The van der Waals surface area contributed by atoms with Crippen LogP contribution in [0.25, 0.3) is 0 Å². The van der Waals surface area contributed by atoms with Crippen LogP contribution < -0.4 is 9.62 Å². The largest absolute Gasteiger partial charge is 0.348 e. The van der Waals surface area contributed by atoms with Gasteiger partial charge in [0, 0.05) is 0 Å². The van der Waals surface area contributed by atoms with E-state index in [4.69, 9.17) is 0 Å². The minimum absolute atomic E-state index is 0.226. The molecular formula is C22H30N2O3S. The van der Waals surface area contributed by atoms with Crippen molar-refractivity contribution in [1.82, 2.24) is 5.32 Å². The quantitative estimate of drug-likeness (QED) is 0.795. The molecule has 1 amide bonds. The molecule has 0 saturated heterocycles. The molecule has 0 aliphatic rings. The molecule has 1 N–H and O–H groups in total. The van der Waals surface area contributed by atoms with Crippen LogP contribution in [0.5, 0.6) is 0 Å². The van der Waals surface area contributed by atoms with Crippen LogP contribution in [-0.2, 0) is 14.8 Å². The van der Waals surface area contributed by atoms with Gasteiger partial charge >= 0.3 is 0 Å². The highest BCUT2D eigenvalue weighted by atomic mass is 32.2. The zero-order valence-corrected chi connectivity index (χ0v) is 18.5. The summed E-state index contributed by atoms with van der Waals surface area (Å²) < 4.78 is 26.1. The fraction of sp³-hybridized carbons (Fsp3) is 0.409. The van der Waals surface area contributed by atoms with E-state index in [0.29, 0.717) is 5.69 Å². The number of carbonyl (C=O) groups excluding carboxylic acids is 1. The van der Waals surface area contributed by atoms with E-state index in [1.165, 1.54) is 9.87 Å². The van der Waals surface area contributed by atoms with Crippen LogP contribution >= 0.6 is 0 Å². The first-order valence-electron chi connectivity index (χ1n) is 9.36. The minimum atomic E-state index is -3.63. The highest BCUT2D eigenvalue weighted by Crippen LogP contribution is 2.24. The van der Waals surface area contributed by atoms with Crippen molar-refractivity contribution in [3.8, 4) is 0 Å². The van der Waals surface area contributed by atoms with Gasteiger partial charge in [0.1, 0.15) is 6.04 Å². The zero-order valence-electron chi connectivity index (χ0n) is 17.7. The Balaban J connectivity index is 2.28. The maximum absolute atomic E-state index is 12.9. The summed E-state index contributed by atoms with van der Waals surface area (Å²) in [4.78, 5) is 12.9. The van der Waals surface area contributed by atoms with Crippen LogP contribution in [0.3, 0.4) is 0 Å². The molecule has 2 aromatic carbocycles. The number of nitrogens with zero attached hydrogens (tertiary/aromatic N) is 1. The Morgan fingerprint density at radius 3 is 1.93 bits per heavy atom. The molecular weight excluding hydrogens is 372 g/mol. The normalized spacial score (nSPS) is 13.7. The number of hydrogen-bond acceptors (Lipinski definition) is 3. The van der Waals surface area contributed by atoms with Gasteiger partial charge in [-0.15, -0.1) is 0 Å². The van der Waals surface area contributed by atoms with E-state index in [1.54, 1.807) is 19.1 Å². The van der Waals surface area contributed by atoms with Gasteiger partial charge in [0.05, 0.1) is 18.0 Å². The molecule has 152 valence electrons.